The summed E-state index contributed by atoms with van der Waals surface area (Å²) in [6, 6.07) is 0. The first-order valence-corrected chi connectivity index (χ1v) is 7.85. The molecule has 0 saturated heterocycles. The van der Waals surface area contributed by atoms with Crippen molar-refractivity contribution >= 4 is 12.1 Å². The minimum Gasteiger partial charge on any atom is -0.318 e. The third-order valence-corrected chi connectivity index (χ3v) is 4.16. The SMILES string of the molecule is C=C(CCN(CN)CCC=O)C(C)CC(C)(C)C(=O)CC. The quantitative estimate of drug-likeness (QED) is 0.342. The van der Waals surface area contributed by atoms with Crippen LogP contribution in [0.1, 0.15) is 53.4 Å². The predicted molar refractivity (Wildman–Crippen MR) is 87.9 cm³/mol. The fraction of sp³-hybridized carbons (Fsp3) is 0.765. The lowest BCUT2D eigenvalue weighted by Gasteiger charge is -2.28. The molecule has 0 amide bonds. The topological polar surface area (TPSA) is 63.4 Å². The van der Waals surface area contributed by atoms with E-state index in [-0.39, 0.29) is 5.41 Å². The molecule has 0 heterocycles. The van der Waals surface area contributed by atoms with Crippen LogP contribution < -0.4 is 5.73 Å². The van der Waals surface area contributed by atoms with Gasteiger partial charge in [-0.2, -0.15) is 0 Å². The molecule has 122 valence electrons. The number of Topliss-reactive ketones (excluding diaryl/α,β-unsaturated/α-hetero) is 1. The van der Waals surface area contributed by atoms with Gasteiger partial charge in [-0.25, -0.2) is 0 Å². The normalized spacial score (nSPS) is 13.2. The van der Waals surface area contributed by atoms with Gasteiger partial charge in [0.15, 0.2) is 0 Å². The van der Waals surface area contributed by atoms with E-state index in [1.54, 1.807) is 0 Å². The minimum atomic E-state index is -0.290. The van der Waals surface area contributed by atoms with E-state index in [0.29, 0.717) is 37.8 Å². The lowest BCUT2D eigenvalue weighted by Crippen LogP contribution is -2.33. The smallest absolute Gasteiger partial charge is 0.138 e. The number of ketones is 1. The van der Waals surface area contributed by atoms with Crippen LogP contribution in [-0.4, -0.2) is 36.7 Å². The van der Waals surface area contributed by atoms with E-state index >= 15 is 0 Å². The number of rotatable bonds is 12. The molecule has 2 N–H and O–H groups in total. The highest BCUT2D eigenvalue weighted by atomic mass is 16.1. The van der Waals surface area contributed by atoms with Crippen molar-refractivity contribution in [2.24, 2.45) is 17.1 Å². The number of nitrogens with two attached hydrogens (primary N) is 1. The summed E-state index contributed by atoms with van der Waals surface area (Å²) in [7, 11) is 0. The van der Waals surface area contributed by atoms with Gasteiger partial charge >= 0.3 is 0 Å². The van der Waals surface area contributed by atoms with Crippen molar-refractivity contribution in [3.05, 3.63) is 12.2 Å². The molecule has 0 aromatic rings. The average Bonchev–Trinajstić information content (AvgIpc) is 2.45. The summed E-state index contributed by atoms with van der Waals surface area (Å²) in [6.45, 7) is 14.2. The number of carbonyl (C=O) groups excluding carboxylic acids is 2. The Morgan fingerprint density at radius 2 is 2.00 bits per heavy atom. The van der Waals surface area contributed by atoms with Gasteiger partial charge < -0.3 is 10.5 Å². The fourth-order valence-corrected chi connectivity index (χ4v) is 2.58. The highest BCUT2D eigenvalue weighted by Crippen LogP contribution is 2.31. The summed E-state index contributed by atoms with van der Waals surface area (Å²) in [5.74, 6) is 0.609. The zero-order chi connectivity index (χ0) is 16.5. The highest BCUT2D eigenvalue weighted by molar-refractivity contribution is 5.83. The molecule has 0 bridgehead atoms. The van der Waals surface area contributed by atoms with Crippen LogP contribution in [0.25, 0.3) is 0 Å². The first kappa shape index (κ1) is 20.0. The van der Waals surface area contributed by atoms with E-state index in [1.165, 1.54) is 0 Å². The molecule has 0 fully saturated rings. The largest absolute Gasteiger partial charge is 0.318 e. The third kappa shape index (κ3) is 7.53. The summed E-state index contributed by atoms with van der Waals surface area (Å²) in [4.78, 5) is 24.4. The molecule has 0 radical (unpaired) electrons. The van der Waals surface area contributed by atoms with Gasteiger partial charge in [-0.15, -0.1) is 0 Å². The Kier molecular flexibility index (Phi) is 9.38. The van der Waals surface area contributed by atoms with Crippen molar-refractivity contribution in [3.8, 4) is 0 Å². The van der Waals surface area contributed by atoms with Crippen molar-refractivity contribution in [2.45, 2.75) is 53.4 Å². The molecule has 0 aliphatic rings. The van der Waals surface area contributed by atoms with Gasteiger partial charge in [0.1, 0.15) is 12.1 Å². The maximum atomic E-state index is 11.9. The second kappa shape index (κ2) is 9.85. The Hall–Kier alpha value is -1.00. The summed E-state index contributed by atoms with van der Waals surface area (Å²) in [5.41, 5.74) is 6.53. The van der Waals surface area contributed by atoms with Crippen LogP contribution in [0.15, 0.2) is 12.2 Å². The Bertz CT molecular complexity index is 351. The van der Waals surface area contributed by atoms with E-state index in [1.807, 2.05) is 20.8 Å². The summed E-state index contributed by atoms with van der Waals surface area (Å²) in [6.07, 6.45) is 3.69. The molecule has 4 heteroatoms. The van der Waals surface area contributed by atoms with Crippen LogP contribution in [-0.2, 0) is 9.59 Å². The van der Waals surface area contributed by atoms with Crippen LogP contribution in [0, 0.1) is 11.3 Å². The Morgan fingerprint density at radius 3 is 2.48 bits per heavy atom. The molecule has 0 aromatic heterocycles. The molecule has 0 spiro atoms. The maximum absolute atomic E-state index is 11.9. The van der Waals surface area contributed by atoms with Crippen LogP contribution in [0.5, 0.6) is 0 Å². The Balaban J connectivity index is 4.32. The summed E-state index contributed by atoms with van der Waals surface area (Å²) in [5, 5.41) is 0. The molecular weight excluding hydrogens is 264 g/mol. The van der Waals surface area contributed by atoms with Gasteiger partial charge in [0.05, 0.1) is 0 Å². The average molecular weight is 296 g/mol. The number of aldehydes is 1. The Morgan fingerprint density at radius 1 is 1.38 bits per heavy atom. The van der Waals surface area contributed by atoms with Crippen molar-refractivity contribution in [1.29, 1.82) is 0 Å². The zero-order valence-electron chi connectivity index (χ0n) is 14.2. The van der Waals surface area contributed by atoms with Gasteiger partial charge in [0.2, 0.25) is 0 Å². The molecule has 0 aromatic carbocycles. The van der Waals surface area contributed by atoms with Crippen molar-refractivity contribution in [1.82, 2.24) is 4.90 Å². The second-order valence-corrected chi connectivity index (χ2v) is 6.43. The number of hydrogen-bond acceptors (Lipinski definition) is 4. The van der Waals surface area contributed by atoms with E-state index in [9.17, 15) is 9.59 Å². The molecule has 1 atom stereocenters. The van der Waals surface area contributed by atoms with E-state index in [0.717, 1.165) is 31.2 Å². The summed E-state index contributed by atoms with van der Waals surface area (Å²) < 4.78 is 0. The molecular formula is C17H32N2O2. The van der Waals surface area contributed by atoms with Crippen LogP contribution in [0.4, 0.5) is 0 Å². The number of hydrogen-bond donors (Lipinski definition) is 1. The predicted octanol–water partition coefficient (Wildman–Crippen LogP) is 2.77. The molecule has 4 nitrogen and oxygen atoms in total. The number of nitrogens with zero attached hydrogens (tertiary/aromatic N) is 1. The standard InChI is InChI=1S/C17H32N2O2/c1-6-16(21)17(4,5)12-15(3)14(2)8-10-19(13-18)9-7-11-20/h11,15H,2,6-10,12-13,18H2,1,3-5H3. The van der Waals surface area contributed by atoms with Crippen LogP contribution >= 0.6 is 0 Å². The molecule has 0 aliphatic heterocycles. The van der Waals surface area contributed by atoms with E-state index in [2.05, 4.69) is 18.4 Å². The number of carbonyl (C=O) groups is 2. The van der Waals surface area contributed by atoms with E-state index in [4.69, 9.17) is 5.73 Å². The monoisotopic (exact) mass is 296 g/mol. The lowest BCUT2D eigenvalue weighted by atomic mass is 9.76. The van der Waals surface area contributed by atoms with Crippen molar-refractivity contribution < 1.29 is 9.59 Å². The van der Waals surface area contributed by atoms with E-state index < -0.39 is 0 Å². The lowest BCUT2D eigenvalue weighted by molar-refractivity contribution is -0.127. The molecule has 0 rings (SSSR count). The van der Waals surface area contributed by atoms with Gasteiger partial charge in [0, 0.05) is 38.0 Å². The fourth-order valence-electron chi connectivity index (χ4n) is 2.58. The summed E-state index contributed by atoms with van der Waals surface area (Å²) >= 11 is 0. The van der Waals surface area contributed by atoms with Crippen LogP contribution in [0.3, 0.4) is 0 Å². The minimum absolute atomic E-state index is 0.290. The van der Waals surface area contributed by atoms with Crippen molar-refractivity contribution in [2.75, 3.05) is 19.8 Å². The van der Waals surface area contributed by atoms with Crippen LogP contribution in [0.2, 0.25) is 0 Å². The van der Waals surface area contributed by atoms with Gasteiger partial charge in [0.25, 0.3) is 0 Å². The maximum Gasteiger partial charge on any atom is 0.138 e. The molecule has 0 saturated carbocycles. The first-order chi connectivity index (χ1) is 9.78. The first-order valence-electron chi connectivity index (χ1n) is 7.85. The molecule has 1 unspecified atom stereocenters. The van der Waals surface area contributed by atoms with Gasteiger partial charge in [-0.05, 0) is 18.8 Å². The molecule has 21 heavy (non-hydrogen) atoms. The highest BCUT2D eigenvalue weighted by Gasteiger charge is 2.28. The second-order valence-electron chi connectivity index (χ2n) is 6.43. The molecule has 0 aliphatic carbocycles. The van der Waals surface area contributed by atoms with Gasteiger partial charge in [-0.1, -0.05) is 39.8 Å². The van der Waals surface area contributed by atoms with Crippen molar-refractivity contribution in [3.63, 3.8) is 0 Å². The van der Waals surface area contributed by atoms with Gasteiger partial charge in [-0.3, -0.25) is 9.69 Å². The third-order valence-electron chi connectivity index (χ3n) is 4.16. The Labute approximate surface area is 129 Å². The zero-order valence-corrected chi connectivity index (χ0v) is 14.2.